The fourth-order valence-corrected chi connectivity index (χ4v) is 4.21. The molecule has 9 nitrogen and oxygen atoms in total. The molecule has 0 aliphatic rings. The summed E-state index contributed by atoms with van der Waals surface area (Å²) in [6, 6.07) is 13.7. The van der Waals surface area contributed by atoms with Gasteiger partial charge in [-0.25, -0.2) is 18.4 Å². The molecule has 186 valence electrons. The molecule has 1 amide bonds. The fourth-order valence-electron chi connectivity index (χ4n) is 3.47. The van der Waals surface area contributed by atoms with Gasteiger partial charge in [0.15, 0.2) is 5.82 Å². The van der Waals surface area contributed by atoms with Crippen LogP contribution >= 0.6 is 11.6 Å². The third-order valence-corrected chi connectivity index (χ3v) is 6.32. The summed E-state index contributed by atoms with van der Waals surface area (Å²) < 4.78 is 30.9. The van der Waals surface area contributed by atoms with Gasteiger partial charge in [-0.05, 0) is 49.4 Å². The Morgan fingerprint density at radius 1 is 1.17 bits per heavy atom. The van der Waals surface area contributed by atoms with Gasteiger partial charge in [0.1, 0.15) is 33.2 Å². The number of hydrogen-bond donors (Lipinski definition) is 2. The smallest absolute Gasteiger partial charge is 0.255 e. The van der Waals surface area contributed by atoms with Gasteiger partial charge in [-0.1, -0.05) is 24.2 Å². The summed E-state index contributed by atoms with van der Waals surface area (Å²) in [5.41, 5.74) is 2.99. The summed E-state index contributed by atoms with van der Waals surface area (Å²) in [4.78, 5) is 20.8. The molecule has 0 atom stereocenters. The van der Waals surface area contributed by atoms with Gasteiger partial charge in [-0.2, -0.15) is 0 Å². The lowest BCUT2D eigenvalue weighted by Gasteiger charge is -2.13. The quantitative estimate of drug-likeness (QED) is 0.318. The standard InChI is InChI=1S/C25H24ClN5O4S/c1-16(2)29-25(32)17-5-4-6-19(13-17)35-22-8-7-18(14-20(22)26)30-24-23-21(27-15-28-24)9-10-31(23)11-12-36(3,33)34/h4-10,13-15H,1,11-12H2,2-3H3,(H,29,32)(H,27,28,30). The molecule has 0 aliphatic heterocycles. The van der Waals surface area contributed by atoms with Crippen LogP contribution in [0.15, 0.2) is 73.3 Å². The Bertz CT molecular complexity index is 1570. The zero-order valence-electron chi connectivity index (χ0n) is 19.7. The summed E-state index contributed by atoms with van der Waals surface area (Å²) in [6.45, 7) is 5.66. The van der Waals surface area contributed by atoms with Gasteiger partial charge in [-0.15, -0.1) is 0 Å². The highest BCUT2D eigenvalue weighted by Gasteiger charge is 2.13. The third kappa shape index (κ3) is 6.21. The van der Waals surface area contributed by atoms with E-state index < -0.39 is 9.84 Å². The van der Waals surface area contributed by atoms with E-state index >= 15 is 0 Å². The Kier molecular flexibility index (Phi) is 7.27. The number of carbonyl (C=O) groups is 1. The number of aromatic nitrogens is 3. The lowest BCUT2D eigenvalue weighted by Crippen LogP contribution is -2.20. The molecule has 2 aromatic carbocycles. The number of carbonyl (C=O) groups excluding carboxylic acids is 1. The summed E-state index contributed by atoms with van der Waals surface area (Å²) in [5.74, 6) is 1.09. The van der Waals surface area contributed by atoms with Crippen LogP contribution in [-0.4, -0.2) is 40.9 Å². The molecule has 4 rings (SSSR count). The second-order valence-electron chi connectivity index (χ2n) is 8.23. The number of anilines is 2. The minimum Gasteiger partial charge on any atom is -0.456 e. The SMILES string of the molecule is C=C(C)NC(=O)c1cccc(Oc2ccc(Nc3ncnc4ccn(CCS(C)(=O)=O)c34)cc2Cl)c1. The highest BCUT2D eigenvalue weighted by atomic mass is 35.5. The van der Waals surface area contributed by atoms with Gasteiger partial charge in [0.2, 0.25) is 0 Å². The van der Waals surface area contributed by atoms with Crippen molar-refractivity contribution in [2.24, 2.45) is 0 Å². The molecule has 4 aromatic rings. The second-order valence-corrected chi connectivity index (χ2v) is 10.9. The van der Waals surface area contributed by atoms with Crippen molar-refractivity contribution in [3.05, 3.63) is 83.9 Å². The van der Waals surface area contributed by atoms with Gasteiger partial charge in [-0.3, -0.25) is 4.79 Å². The normalized spacial score (nSPS) is 11.3. The van der Waals surface area contributed by atoms with E-state index in [1.807, 2.05) is 0 Å². The molecule has 0 spiro atoms. The molecule has 0 fully saturated rings. The predicted molar refractivity (Wildman–Crippen MR) is 141 cm³/mol. The number of nitrogens with one attached hydrogen (secondary N) is 2. The monoisotopic (exact) mass is 525 g/mol. The van der Waals surface area contributed by atoms with Gasteiger partial charge in [0, 0.05) is 35.9 Å². The van der Waals surface area contributed by atoms with Crippen LogP contribution < -0.4 is 15.4 Å². The van der Waals surface area contributed by atoms with E-state index in [4.69, 9.17) is 16.3 Å². The van der Waals surface area contributed by atoms with Crippen molar-refractivity contribution in [1.29, 1.82) is 0 Å². The van der Waals surface area contributed by atoms with Crippen molar-refractivity contribution in [3.63, 3.8) is 0 Å². The molecule has 0 aliphatic carbocycles. The number of nitrogens with zero attached hydrogens (tertiary/aromatic N) is 3. The molecule has 11 heteroatoms. The summed E-state index contributed by atoms with van der Waals surface area (Å²) in [6.07, 6.45) is 4.42. The first-order valence-corrected chi connectivity index (χ1v) is 13.3. The first-order valence-electron chi connectivity index (χ1n) is 10.9. The van der Waals surface area contributed by atoms with Gasteiger partial charge in [0.25, 0.3) is 5.91 Å². The van der Waals surface area contributed by atoms with E-state index in [-0.39, 0.29) is 18.2 Å². The number of allylic oxidation sites excluding steroid dienone is 1. The minimum absolute atomic E-state index is 0.000958. The Morgan fingerprint density at radius 3 is 2.69 bits per heavy atom. The van der Waals surface area contributed by atoms with Crippen molar-refractivity contribution in [3.8, 4) is 11.5 Å². The summed E-state index contributed by atoms with van der Waals surface area (Å²) >= 11 is 6.48. The Labute approximate surface area is 213 Å². The molecule has 2 heterocycles. The van der Waals surface area contributed by atoms with Crippen molar-refractivity contribution >= 4 is 49.9 Å². The van der Waals surface area contributed by atoms with E-state index in [2.05, 4.69) is 27.2 Å². The zero-order valence-corrected chi connectivity index (χ0v) is 21.2. The third-order valence-electron chi connectivity index (χ3n) is 5.10. The van der Waals surface area contributed by atoms with Crippen LogP contribution in [0.5, 0.6) is 11.5 Å². The van der Waals surface area contributed by atoms with Crippen molar-refractivity contribution in [1.82, 2.24) is 19.9 Å². The largest absolute Gasteiger partial charge is 0.456 e. The first-order chi connectivity index (χ1) is 17.1. The average molecular weight is 526 g/mol. The minimum atomic E-state index is -3.13. The number of hydrogen-bond acceptors (Lipinski definition) is 7. The highest BCUT2D eigenvalue weighted by molar-refractivity contribution is 7.90. The lowest BCUT2D eigenvalue weighted by atomic mass is 10.2. The molecule has 2 N–H and O–H groups in total. The highest BCUT2D eigenvalue weighted by Crippen LogP contribution is 2.33. The zero-order chi connectivity index (χ0) is 25.9. The van der Waals surface area contributed by atoms with Gasteiger partial charge < -0.3 is 19.9 Å². The number of fused-ring (bicyclic) bond motifs is 1. The van der Waals surface area contributed by atoms with E-state index in [0.29, 0.717) is 50.3 Å². The molecule has 0 bridgehead atoms. The maximum Gasteiger partial charge on any atom is 0.255 e. The number of aryl methyl sites for hydroxylation is 1. The molecular formula is C25H24ClN5O4S. The topological polar surface area (TPSA) is 115 Å². The number of amides is 1. The van der Waals surface area contributed by atoms with Crippen LogP contribution in [0.3, 0.4) is 0 Å². The van der Waals surface area contributed by atoms with Crippen LogP contribution in [0.25, 0.3) is 11.0 Å². The van der Waals surface area contributed by atoms with E-state index in [1.54, 1.807) is 66.2 Å². The second kappa shape index (κ2) is 10.4. The Balaban J connectivity index is 1.54. The van der Waals surface area contributed by atoms with Crippen molar-refractivity contribution < 1.29 is 17.9 Å². The van der Waals surface area contributed by atoms with Crippen molar-refractivity contribution in [2.45, 2.75) is 13.5 Å². The molecule has 0 unspecified atom stereocenters. The first kappa shape index (κ1) is 25.2. The van der Waals surface area contributed by atoms with E-state index in [9.17, 15) is 13.2 Å². The molecular weight excluding hydrogens is 502 g/mol. The fraction of sp³-hybridized carbons (Fsp3) is 0.160. The van der Waals surface area contributed by atoms with E-state index in [0.717, 1.165) is 0 Å². The number of ether oxygens (including phenoxy) is 1. The van der Waals surface area contributed by atoms with Crippen LogP contribution in [0.2, 0.25) is 5.02 Å². The number of benzene rings is 2. The molecule has 2 aromatic heterocycles. The number of halogens is 1. The van der Waals surface area contributed by atoms with Crippen LogP contribution in [-0.2, 0) is 16.4 Å². The summed E-state index contributed by atoms with van der Waals surface area (Å²) in [7, 11) is -3.13. The molecule has 36 heavy (non-hydrogen) atoms. The summed E-state index contributed by atoms with van der Waals surface area (Å²) in [5, 5.41) is 6.22. The molecule has 0 saturated heterocycles. The number of rotatable bonds is 9. The maximum atomic E-state index is 12.2. The van der Waals surface area contributed by atoms with Crippen LogP contribution in [0, 0.1) is 0 Å². The molecule has 0 radical (unpaired) electrons. The van der Waals surface area contributed by atoms with Crippen LogP contribution in [0.1, 0.15) is 17.3 Å². The number of sulfone groups is 1. The van der Waals surface area contributed by atoms with Gasteiger partial charge in [0.05, 0.1) is 16.3 Å². The van der Waals surface area contributed by atoms with E-state index in [1.165, 1.54) is 12.6 Å². The Morgan fingerprint density at radius 2 is 1.97 bits per heavy atom. The average Bonchev–Trinajstić information content (AvgIpc) is 3.23. The predicted octanol–water partition coefficient (Wildman–Crippen LogP) is 4.93. The maximum absolute atomic E-state index is 12.2. The van der Waals surface area contributed by atoms with Gasteiger partial charge >= 0.3 is 0 Å². The Hall–Kier alpha value is -3.89. The lowest BCUT2D eigenvalue weighted by molar-refractivity contribution is 0.0966. The molecule has 0 saturated carbocycles. The van der Waals surface area contributed by atoms with Crippen molar-refractivity contribution in [2.75, 3.05) is 17.3 Å². The van der Waals surface area contributed by atoms with Crippen LogP contribution in [0.4, 0.5) is 11.5 Å².